The molecule has 134 valence electrons. The SMILES string of the molecule is CC(C)(C)NC(=O)C1OC(c2ccc([N+](=O)[O-])cc2)=Cc2ccccc21. The third-order valence-electron chi connectivity index (χ3n) is 3.91. The molecule has 1 atom stereocenters. The van der Waals surface area contributed by atoms with Crippen molar-refractivity contribution in [2.75, 3.05) is 0 Å². The summed E-state index contributed by atoms with van der Waals surface area (Å²) in [7, 11) is 0. The van der Waals surface area contributed by atoms with Gasteiger partial charge in [-0.2, -0.15) is 0 Å². The third kappa shape index (κ3) is 3.74. The predicted octanol–water partition coefficient (Wildman–Crippen LogP) is 4.08. The van der Waals surface area contributed by atoms with Gasteiger partial charge < -0.3 is 10.1 Å². The molecular weight excluding hydrogens is 332 g/mol. The highest BCUT2D eigenvalue weighted by Gasteiger charge is 2.31. The summed E-state index contributed by atoms with van der Waals surface area (Å²) in [6.07, 6.45) is 1.07. The fourth-order valence-electron chi connectivity index (χ4n) is 2.78. The molecule has 0 radical (unpaired) electrons. The second-order valence-electron chi connectivity index (χ2n) is 7.18. The first-order valence-corrected chi connectivity index (χ1v) is 8.29. The minimum absolute atomic E-state index is 0.00702. The van der Waals surface area contributed by atoms with Crippen molar-refractivity contribution < 1.29 is 14.5 Å². The molecule has 1 aliphatic heterocycles. The summed E-state index contributed by atoms with van der Waals surface area (Å²) in [5.41, 5.74) is 1.98. The molecule has 1 unspecified atom stereocenters. The minimum atomic E-state index is -0.777. The summed E-state index contributed by atoms with van der Waals surface area (Å²) in [5.74, 6) is 0.283. The van der Waals surface area contributed by atoms with Gasteiger partial charge in [0.15, 0.2) is 0 Å². The highest BCUT2D eigenvalue weighted by molar-refractivity contribution is 5.90. The maximum atomic E-state index is 12.7. The van der Waals surface area contributed by atoms with E-state index in [0.29, 0.717) is 11.3 Å². The second-order valence-corrected chi connectivity index (χ2v) is 7.18. The van der Waals surface area contributed by atoms with Crippen LogP contribution in [0.25, 0.3) is 11.8 Å². The molecule has 0 saturated carbocycles. The molecule has 0 aliphatic carbocycles. The number of nitrogens with one attached hydrogen (secondary N) is 1. The summed E-state index contributed by atoms with van der Waals surface area (Å²) in [6, 6.07) is 13.6. The van der Waals surface area contributed by atoms with E-state index in [1.165, 1.54) is 12.1 Å². The number of rotatable bonds is 3. The number of amides is 1. The molecule has 0 bridgehead atoms. The zero-order valence-electron chi connectivity index (χ0n) is 14.9. The molecule has 1 N–H and O–H groups in total. The van der Waals surface area contributed by atoms with Crippen LogP contribution in [-0.2, 0) is 9.53 Å². The van der Waals surface area contributed by atoms with Crippen LogP contribution in [0.15, 0.2) is 48.5 Å². The lowest BCUT2D eigenvalue weighted by Crippen LogP contribution is -2.44. The molecule has 0 saturated heterocycles. The summed E-state index contributed by atoms with van der Waals surface area (Å²) in [5, 5.41) is 13.8. The van der Waals surface area contributed by atoms with E-state index in [9.17, 15) is 14.9 Å². The number of hydrogen-bond acceptors (Lipinski definition) is 4. The van der Waals surface area contributed by atoms with Crippen LogP contribution in [0.2, 0.25) is 0 Å². The van der Waals surface area contributed by atoms with Gasteiger partial charge in [-0.1, -0.05) is 24.3 Å². The summed E-state index contributed by atoms with van der Waals surface area (Å²) in [4.78, 5) is 23.1. The Bertz CT molecular complexity index is 879. The van der Waals surface area contributed by atoms with Gasteiger partial charge in [-0.25, -0.2) is 0 Å². The number of carbonyl (C=O) groups excluding carboxylic acids is 1. The number of carbonyl (C=O) groups is 1. The van der Waals surface area contributed by atoms with Gasteiger partial charge in [-0.05, 0) is 44.5 Å². The molecule has 2 aromatic rings. The van der Waals surface area contributed by atoms with Crippen molar-refractivity contribution in [3.8, 4) is 0 Å². The number of benzene rings is 2. The summed E-state index contributed by atoms with van der Waals surface area (Å²) < 4.78 is 5.99. The van der Waals surface area contributed by atoms with E-state index in [4.69, 9.17) is 4.74 Å². The Morgan fingerprint density at radius 1 is 1.12 bits per heavy atom. The topological polar surface area (TPSA) is 81.5 Å². The second kappa shape index (κ2) is 6.63. The van der Waals surface area contributed by atoms with Gasteiger partial charge in [-0.3, -0.25) is 14.9 Å². The minimum Gasteiger partial charge on any atom is -0.475 e. The van der Waals surface area contributed by atoms with E-state index in [1.807, 2.05) is 51.1 Å². The lowest BCUT2D eigenvalue weighted by molar-refractivity contribution is -0.384. The Hall–Kier alpha value is -3.15. The van der Waals surface area contributed by atoms with Crippen LogP contribution < -0.4 is 5.32 Å². The largest absolute Gasteiger partial charge is 0.475 e. The van der Waals surface area contributed by atoms with Crippen molar-refractivity contribution >= 4 is 23.4 Å². The van der Waals surface area contributed by atoms with E-state index in [1.54, 1.807) is 12.1 Å². The number of ether oxygens (including phenoxy) is 1. The van der Waals surface area contributed by atoms with Gasteiger partial charge in [0.2, 0.25) is 6.10 Å². The molecule has 1 aliphatic rings. The standard InChI is InChI=1S/C20H20N2O4/c1-20(2,3)21-19(23)18-16-7-5-4-6-14(16)12-17(26-18)13-8-10-15(11-9-13)22(24)25/h4-12,18H,1-3H3,(H,21,23). The van der Waals surface area contributed by atoms with Crippen LogP contribution in [0, 0.1) is 10.1 Å². The van der Waals surface area contributed by atoms with Crippen molar-refractivity contribution in [3.05, 3.63) is 75.3 Å². The van der Waals surface area contributed by atoms with E-state index >= 15 is 0 Å². The first kappa shape index (κ1) is 17.7. The molecule has 0 spiro atoms. The average molecular weight is 352 g/mol. The lowest BCUT2D eigenvalue weighted by Gasteiger charge is -2.29. The Morgan fingerprint density at radius 2 is 1.77 bits per heavy atom. The predicted molar refractivity (Wildman–Crippen MR) is 99.1 cm³/mol. The van der Waals surface area contributed by atoms with Crippen molar-refractivity contribution in [1.82, 2.24) is 5.32 Å². The normalized spacial score (nSPS) is 16.1. The molecule has 6 nitrogen and oxygen atoms in total. The Morgan fingerprint density at radius 3 is 2.38 bits per heavy atom. The van der Waals surface area contributed by atoms with Gasteiger partial charge in [0.05, 0.1) is 4.92 Å². The van der Waals surface area contributed by atoms with Crippen LogP contribution in [0.1, 0.15) is 43.6 Å². The summed E-state index contributed by atoms with van der Waals surface area (Å²) >= 11 is 0. The maximum Gasteiger partial charge on any atom is 0.269 e. The van der Waals surface area contributed by atoms with Gasteiger partial charge >= 0.3 is 0 Å². The van der Waals surface area contributed by atoms with Crippen LogP contribution in [-0.4, -0.2) is 16.4 Å². The Kier molecular flexibility index (Phi) is 4.50. The average Bonchev–Trinajstić information content (AvgIpc) is 2.59. The van der Waals surface area contributed by atoms with Crippen LogP contribution in [0.3, 0.4) is 0 Å². The number of hydrogen-bond donors (Lipinski definition) is 1. The highest BCUT2D eigenvalue weighted by atomic mass is 16.6. The van der Waals surface area contributed by atoms with E-state index < -0.39 is 11.0 Å². The quantitative estimate of drug-likeness (QED) is 0.666. The fraction of sp³-hybridized carbons (Fsp3) is 0.250. The van der Waals surface area contributed by atoms with Crippen molar-refractivity contribution in [2.45, 2.75) is 32.4 Å². The molecule has 3 rings (SSSR count). The van der Waals surface area contributed by atoms with Crippen LogP contribution >= 0.6 is 0 Å². The number of non-ortho nitro benzene ring substituents is 1. The van der Waals surface area contributed by atoms with Crippen LogP contribution in [0.5, 0.6) is 0 Å². The molecule has 0 aromatic heterocycles. The van der Waals surface area contributed by atoms with Gasteiger partial charge in [0.25, 0.3) is 11.6 Å². The first-order chi connectivity index (χ1) is 12.2. The maximum absolute atomic E-state index is 12.7. The summed E-state index contributed by atoms with van der Waals surface area (Å²) in [6.45, 7) is 5.73. The fourth-order valence-corrected chi connectivity index (χ4v) is 2.78. The zero-order valence-corrected chi connectivity index (χ0v) is 14.9. The smallest absolute Gasteiger partial charge is 0.269 e. The van der Waals surface area contributed by atoms with Crippen molar-refractivity contribution in [3.63, 3.8) is 0 Å². The van der Waals surface area contributed by atoms with E-state index in [0.717, 1.165) is 11.1 Å². The number of nitro benzene ring substituents is 1. The van der Waals surface area contributed by atoms with Crippen molar-refractivity contribution in [1.29, 1.82) is 0 Å². The van der Waals surface area contributed by atoms with Gasteiger partial charge in [0, 0.05) is 28.8 Å². The Labute approximate surface area is 151 Å². The van der Waals surface area contributed by atoms with Crippen LogP contribution in [0.4, 0.5) is 5.69 Å². The molecule has 1 amide bonds. The van der Waals surface area contributed by atoms with Crippen molar-refractivity contribution in [2.24, 2.45) is 0 Å². The highest BCUT2D eigenvalue weighted by Crippen LogP contribution is 2.36. The number of nitro groups is 1. The number of nitrogens with zero attached hydrogens (tertiary/aromatic N) is 1. The molecular formula is C20H20N2O4. The van der Waals surface area contributed by atoms with E-state index in [-0.39, 0.29) is 17.1 Å². The van der Waals surface area contributed by atoms with Gasteiger partial charge in [-0.15, -0.1) is 0 Å². The molecule has 2 aromatic carbocycles. The molecule has 1 heterocycles. The lowest BCUT2D eigenvalue weighted by atomic mass is 9.96. The number of fused-ring (bicyclic) bond motifs is 1. The third-order valence-corrected chi connectivity index (χ3v) is 3.91. The zero-order chi connectivity index (χ0) is 18.9. The first-order valence-electron chi connectivity index (χ1n) is 8.29. The molecule has 6 heteroatoms. The monoisotopic (exact) mass is 352 g/mol. The van der Waals surface area contributed by atoms with Gasteiger partial charge in [0.1, 0.15) is 5.76 Å². The van der Waals surface area contributed by atoms with E-state index in [2.05, 4.69) is 5.32 Å². The Balaban J connectivity index is 1.97. The molecule has 26 heavy (non-hydrogen) atoms. The molecule has 0 fully saturated rings.